The summed E-state index contributed by atoms with van der Waals surface area (Å²) in [5, 5.41) is 11.6. The van der Waals surface area contributed by atoms with E-state index in [1.54, 1.807) is 22.7 Å². The Balaban J connectivity index is 1.19. The standard InChI is InChI=1S/C24H25FN4O2S2/c25-20-10-4-9-19(16-20)22(31)29-13-11-18(12-14-29)21(30)26-23-27-28-24(33-23)32-15-5-8-17-6-2-1-3-7-17/h1-4,6-7,9-10,16,18H,5,8,11-15H2,(H,26,27,30). The number of hydrogen-bond acceptors (Lipinski definition) is 6. The maximum absolute atomic E-state index is 13.4. The third-order valence-corrected chi connectivity index (χ3v) is 7.60. The lowest BCUT2D eigenvalue weighted by Crippen LogP contribution is -2.41. The molecule has 9 heteroatoms. The van der Waals surface area contributed by atoms with E-state index in [1.807, 2.05) is 18.2 Å². The average Bonchev–Trinajstić information content (AvgIpc) is 3.29. The first-order chi connectivity index (χ1) is 16.1. The van der Waals surface area contributed by atoms with Gasteiger partial charge in [0.1, 0.15) is 5.82 Å². The van der Waals surface area contributed by atoms with Crippen molar-refractivity contribution >= 4 is 40.0 Å². The number of carbonyl (C=O) groups is 2. The van der Waals surface area contributed by atoms with Crippen LogP contribution in [0.4, 0.5) is 9.52 Å². The number of carbonyl (C=O) groups excluding carboxylic acids is 2. The van der Waals surface area contributed by atoms with Crippen molar-refractivity contribution in [3.8, 4) is 0 Å². The van der Waals surface area contributed by atoms with Gasteiger partial charge in [0, 0.05) is 30.3 Å². The van der Waals surface area contributed by atoms with Crippen molar-refractivity contribution in [2.45, 2.75) is 30.0 Å². The lowest BCUT2D eigenvalue weighted by molar-refractivity contribution is -0.121. The molecule has 1 N–H and O–H groups in total. The van der Waals surface area contributed by atoms with E-state index in [-0.39, 0.29) is 17.7 Å². The van der Waals surface area contributed by atoms with Crippen LogP contribution in [0.2, 0.25) is 0 Å². The van der Waals surface area contributed by atoms with Crippen molar-refractivity contribution in [2.24, 2.45) is 5.92 Å². The molecule has 3 aromatic rings. The maximum Gasteiger partial charge on any atom is 0.253 e. The number of amides is 2. The molecular weight excluding hydrogens is 459 g/mol. The number of aryl methyl sites for hydroxylation is 1. The maximum atomic E-state index is 13.4. The number of piperidine rings is 1. The fraction of sp³-hybridized carbons (Fsp3) is 0.333. The summed E-state index contributed by atoms with van der Waals surface area (Å²) in [6, 6.07) is 16.1. The number of thioether (sulfide) groups is 1. The smallest absolute Gasteiger partial charge is 0.253 e. The minimum Gasteiger partial charge on any atom is -0.339 e. The van der Waals surface area contributed by atoms with Gasteiger partial charge in [0.2, 0.25) is 11.0 Å². The number of halogens is 1. The third-order valence-electron chi connectivity index (χ3n) is 5.54. The highest BCUT2D eigenvalue weighted by Gasteiger charge is 2.28. The van der Waals surface area contributed by atoms with Gasteiger partial charge in [-0.15, -0.1) is 10.2 Å². The monoisotopic (exact) mass is 484 g/mol. The van der Waals surface area contributed by atoms with Crippen LogP contribution < -0.4 is 5.32 Å². The van der Waals surface area contributed by atoms with Crippen LogP contribution in [0.15, 0.2) is 58.9 Å². The number of nitrogens with one attached hydrogen (secondary N) is 1. The quantitative estimate of drug-likeness (QED) is 0.280. The Morgan fingerprint density at radius 2 is 1.88 bits per heavy atom. The van der Waals surface area contributed by atoms with Crippen LogP contribution in [0.1, 0.15) is 35.2 Å². The molecular formula is C24H25FN4O2S2. The van der Waals surface area contributed by atoms with Gasteiger partial charge in [-0.1, -0.05) is 59.5 Å². The minimum absolute atomic E-state index is 0.0929. The van der Waals surface area contributed by atoms with Crippen molar-refractivity contribution < 1.29 is 14.0 Å². The Kier molecular flexibility index (Phi) is 8.06. The largest absolute Gasteiger partial charge is 0.339 e. The van der Waals surface area contributed by atoms with Gasteiger partial charge >= 0.3 is 0 Å². The molecule has 0 atom stereocenters. The van der Waals surface area contributed by atoms with Crippen LogP contribution in [0, 0.1) is 11.7 Å². The summed E-state index contributed by atoms with van der Waals surface area (Å²) in [5.41, 5.74) is 1.66. The summed E-state index contributed by atoms with van der Waals surface area (Å²) in [4.78, 5) is 26.9. The topological polar surface area (TPSA) is 75.2 Å². The molecule has 1 fully saturated rings. The van der Waals surface area contributed by atoms with E-state index >= 15 is 0 Å². The van der Waals surface area contributed by atoms with Crippen LogP contribution in [0.3, 0.4) is 0 Å². The predicted molar refractivity (Wildman–Crippen MR) is 129 cm³/mol. The lowest BCUT2D eigenvalue weighted by atomic mass is 9.95. The second kappa shape index (κ2) is 11.4. The van der Waals surface area contributed by atoms with Gasteiger partial charge in [0.25, 0.3) is 5.91 Å². The second-order valence-electron chi connectivity index (χ2n) is 7.88. The van der Waals surface area contributed by atoms with Crippen LogP contribution in [-0.4, -0.2) is 45.8 Å². The van der Waals surface area contributed by atoms with Gasteiger partial charge in [0.05, 0.1) is 0 Å². The molecule has 0 aliphatic carbocycles. The predicted octanol–water partition coefficient (Wildman–Crippen LogP) is 4.89. The molecule has 0 saturated carbocycles. The Labute approximate surface area is 200 Å². The summed E-state index contributed by atoms with van der Waals surface area (Å²) >= 11 is 3.03. The van der Waals surface area contributed by atoms with E-state index < -0.39 is 5.82 Å². The van der Waals surface area contributed by atoms with Gasteiger partial charge < -0.3 is 10.2 Å². The van der Waals surface area contributed by atoms with Crippen LogP contribution in [0.25, 0.3) is 0 Å². The molecule has 1 saturated heterocycles. The molecule has 2 heterocycles. The van der Waals surface area contributed by atoms with E-state index in [0.717, 1.165) is 22.9 Å². The van der Waals surface area contributed by atoms with E-state index in [9.17, 15) is 14.0 Å². The summed E-state index contributed by atoms with van der Waals surface area (Å²) < 4.78 is 14.2. The Morgan fingerprint density at radius 1 is 1.09 bits per heavy atom. The average molecular weight is 485 g/mol. The fourth-order valence-corrected chi connectivity index (χ4v) is 5.52. The normalized spacial score (nSPS) is 14.3. The van der Waals surface area contributed by atoms with Crippen LogP contribution in [0.5, 0.6) is 0 Å². The number of anilines is 1. The zero-order valence-corrected chi connectivity index (χ0v) is 19.7. The van der Waals surface area contributed by atoms with Crippen molar-refractivity contribution in [3.05, 3.63) is 71.5 Å². The number of nitrogens with zero attached hydrogens (tertiary/aromatic N) is 3. The van der Waals surface area contributed by atoms with Crippen molar-refractivity contribution in [3.63, 3.8) is 0 Å². The SMILES string of the molecule is O=C(Nc1nnc(SCCCc2ccccc2)s1)C1CCN(C(=O)c2cccc(F)c2)CC1. The van der Waals surface area contributed by atoms with Crippen molar-refractivity contribution in [1.29, 1.82) is 0 Å². The number of rotatable bonds is 8. The first kappa shape index (κ1) is 23.4. The molecule has 2 aromatic carbocycles. The zero-order chi connectivity index (χ0) is 23.0. The van der Waals surface area contributed by atoms with Crippen LogP contribution >= 0.6 is 23.1 Å². The van der Waals surface area contributed by atoms with E-state index in [1.165, 1.54) is 35.1 Å². The summed E-state index contributed by atoms with van der Waals surface area (Å²) in [5.74, 6) is 0.0271. The molecule has 0 radical (unpaired) electrons. The zero-order valence-electron chi connectivity index (χ0n) is 18.1. The molecule has 2 amide bonds. The molecule has 4 rings (SSSR count). The highest BCUT2D eigenvalue weighted by molar-refractivity contribution is 8.01. The number of aromatic nitrogens is 2. The van der Waals surface area contributed by atoms with Gasteiger partial charge in [-0.3, -0.25) is 9.59 Å². The highest BCUT2D eigenvalue weighted by atomic mass is 32.2. The van der Waals surface area contributed by atoms with E-state index in [4.69, 9.17) is 0 Å². The molecule has 0 bridgehead atoms. The van der Waals surface area contributed by atoms with Gasteiger partial charge in [0.15, 0.2) is 4.34 Å². The van der Waals surface area contributed by atoms with Gasteiger partial charge in [-0.2, -0.15) is 0 Å². The molecule has 0 unspecified atom stereocenters. The lowest BCUT2D eigenvalue weighted by Gasteiger charge is -2.31. The summed E-state index contributed by atoms with van der Waals surface area (Å²) in [6.07, 6.45) is 3.19. The number of likely N-dealkylation sites (tertiary alicyclic amines) is 1. The van der Waals surface area contributed by atoms with Gasteiger partial charge in [-0.05, 0) is 49.4 Å². The van der Waals surface area contributed by atoms with Crippen molar-refractivity contribution in [2.75, 3.05) is 24.2 Å². The summed E-state index contributed by atoms with van der Waals surface area (Å²) in [6.45, 7) is 0.929. The third kappa shape index (κ3) is 6.61. The van der Waals surface area contributed by atoms with Crippen molar-refractivity contribution in [1.82, 2.24) is 15.1 Å². The summed E-state index contributed by atoms with van der Waals surface area (Å²) in [7, 11) is 0. The second-order valence-corrected chi connectivity index (χ2v) is 10.2. The van der Waals surface area contributed by atoms with Gasteiger partial charge in [-0.25, -0.2) is 4.39 Å². The first-order valence-electron chi connectivity index (χ1n) is 10.9. The number of hydrogen-bond donors (Lipinski definition) is 1. The molecule has 1 aliphatic rings. The Hall–Kier alpha value is -2.78. The van der Waals surface area contributed by atoms with E-state index in [2.05, 4.69) is 27.6 Å². The Morgan fingerprint density at radius 3 is 2.64 bits per heavy atom. The molecule has 172 valence electrons. The molecule has 6 nitrogen and oxygen atoms in total. The first-order valence-corrected chi connectivity index (χ1v) is 12.7. The van der Waals surface area contributed by atoms with E-state index in [0.29, 0.717) is 36.6 Å². The Bertz CT molecular complexity index is 1080. The minimum atomic E-state index is -0.430. The highest BCUT2D eigenvalue weighted by Crippen LogP contribution is 2.28. The molecule has 1 aliphatic heterocycles. The number of benzene rings is 2. The molecule has 0 spiro atoms. The molecule has 33 heavy (non-hydrogen) atoms. The van der Waals surface area contributed by atoms with Crippen LogP contribution in [-0.2, 0) is 11.2 Å². The molecule has 1 aromatic heterocycles. The fourth-order valence-electron chi connectivity index (χ4n) is 3.76.